The van der Waals surface area contributed by atoms with Crippen LogP contribution in [-0.2, 0) is 6.54 Å². The molecule has 8 nitrogen and oxygen atoms in total. The molecule has 1 aliphatic heterocycles. The van der Waals surface area contributed by atoms with E-state index >= 15 is 0 Å². The molecule has 9 heteroatoms. The highest BCUT2D eigenvalue weighted by atomic mass is 127. The molecular weight excluding hydrogens is 511 g/mol. The van der Waals surface area contributed by atoms with Crippen molar-refractivity contribution in [3.63, 3.8) is 0 Å². The van der Waals surface area contributed by atoms with Crippen molar-refractivity contribution in [3.8, 4) is 17.2 Å². The van der Waals surface area contributed by atoms with Gasteiger partial charge in [-0.2, -0.15) is 0 Å². The van der Waals surface area contributed by atoms with E-state index in [9.17, 15) is 5.11 Å². The van der Waals surface area contributed by atoms with Gasteiger partial charge < -0.3 is 29.6 Å². The van der Waals surface area contributed by atoms with Crippen LogP contribution in [0.2, 0.25) is 0 Å². The smallest absolute Gasteiger partial charge is 0.200 e. The zero-order valence-corrected chi connectivity index (χ0v) is 20.7. The molecule has 3 N–H and O–H groups in total. The van der Waals surface area contributed by atoms with E-state index < -0.39 is 0 Å². The van der Waals surface area contributed by atoms with Crippen LogP contribution < -0.4 is 20.1 Å². The highest BCUT2D eigenvalue weighted by Crippen LogP contribution is 2.37. The number of guanidine groups is 1. The third kappa shape index (κ3) is 6.67. The van der Waals surface area contributed by atoms with Gasteiger partial charge in [-0.3, -0.25) is 4.90 Å². The second-order valence-corrected chi connectivity index (χ2v) is 7.20. The first-order valence-electron chi connectivity index (χ1n) is 10.4. The molecule has 1 fully saturated rings. The van der Waals surface area contributed by atoms with Crippen LogP contribution in [-0.4, -0.2) is 56.4 Å². The zero-order chi connectivity index (χ0) is 21.3. The molecule has 0 aliphatic carbocycles. The molecule has 1 unspecified atom stereocenters. The van der Waals surface area contributed by atoms with Crippen molar-refractivity contribution in [2.24, 2.45) is 4.99 Å². The van der Waals surface area contributed by atoms with Crippen LogP contribution in [0.15, 0.2) is 39.9 Å². The van der Waals surface area contributed by atoms with Crippen molar-refractivity contribution in [1.29, 1.82) is 0 Å². The summed E-state index contributed by atoms with van der Waals surface area (Å²) in [6, 6.07) is 7.66. The Kier molecular flexibility index (Phi) is 10.3. The average Bonchev–Trinajstić information content (AvgIpc) is 3.47. The van der Waals surface area contributed by atoms with Gasteiger partial charge in [0.1, 0.15) is 5.76 Å². The van der Waals surface area contributed by atoms with Gasteiger partial charge in [0.2, 0.25) is 5.75 Å². The van der Waals surface area contributed by atoms with E-state index in [1.807, 2.05) is 19.1 Å². The van der Waals surface area contributed by atoms with E-state index in [0.29, 0.717) is 24.6 Å². The van der Waals surface area contributed by atoms with Gasteiger partial charge in [0, 0.05) is 13.1 Å². The fourth-order valence-electron chi connectivity index (χ4n) is 3.69. The van der Waals surface area contributed by atoms with Gasteiger partial charge in [0.15, 0.2) is 17.5 Å². The van der Waals surface area contributed by atoms with Gasteiger partial charge in [-0.25, -0.2) is 4.99 Å². The lowest BCUT2D eigenvalue weighted by Crippen LogP contribution is -2.42. The lowest BCUT2D eigenvalue weighted by atomic mass is 10.2. The van der Waals surface area contributed by atoms with Gasteiger partial charge in [0.05, 0.1) is 33.1 Å². The Labute approximate surface area is 201 Å². The standard InChI is InChI=1S/C22H32N4O4.HI/c1-4-23-22(24-14-16-12-19(28-2)21(27)20(13-16)29-3)25-15-17(18-8-7-11-30-18)26-9-5-6-10-26;/h7-8,11-13,17,27H,4-6,9-10,14-15H2,1-3H3,(H2,23,24,25);1H. The first-order chi connectivity index (χ1) is 14.7. The summed E-state index contributed by atoms with van der Waals surface area (Å²) in [5, 5.41) is 16.8. The van der Waals surface area contributed by atoms with Crippen molar-refractivity contribution in [3.05, 3.63) is 41.9 Å². The summed E-state index contributed by atoms with van der Waals surface area (Å²) in [5.74, 6) is 2.41. The minimum Gasteiger partial charge on any atom is -0.502 e. The van der Waals surface area contributed by atoms with E-state index in [4.69, 9.17) is 18.9 Å². The number of ether oxygens (including phenoxy) is 2. The molecule has 3 rings (SSSR count). The maximum atomic E-state index is 10.1. The number of hydrogen-bond acceptors (Lipinski definition) is 6. The van der Waals surface area contributed by atoms with Gasteiger partial charge >= 0.3 is 0 Å². The molecule has 0 saturated carbocycles. The third-order valence-corrected chi connectivity index (χ3v) is 5.22. The van der Waals surface area contributed by atoms with Crippen molar-refractivity contribution < 1.29 is 19.0 Å². The molecule has 1 aromatic heterocycles. The Morgan fingerprint density at radius 2 is 1.87 bits per heavy atom. The molecule has 1 aromatic carbocycles. The number of phenols is 1. The predicted molar refractivity (Wildman–Crippen MR) is 132 cm³/mol. The number of methoxy groups -OCH3 is 2. The Morgan fingerprint density at radius 3 is 2.42 bits per heavy atom. The van der Waals surface area contributed by atoms with Crippen LogP contribution >= 0.6 is 24.0 Å². The maximum absolute atomic E-state index is 10.1. The number of furan rings is 1. The molecule has 2 aromatic rings. The highest BCUT2D eigenvalue weighted by molar-refractivity contribution is 14.0. The second kappa shape index (κ2) is 12.7. The lowest BCUT2D eigenvalue weighted by Gasteiger charge is -2.26. The number of benzene rings is 1. The van der Waals surface area contributed by atoms with Gasteiger partial charge in [-0.1, -0.05) is 0 Å². The number of aliphatic imine (C=N–C) groups is 1. The number of likely N-dealkylation sites (tertiary alicyclic amines) is 1. The number of aromatic hydroxyl groups is 1. The number of rotatable bonds is 9. The first-order valence-corrected chi connectivity index (χ1v) is 10.4. The summed E-state index contributed by atoms with van der Waals surface area (Å²) in [6.45, 7) is 6.05. The molecular formula is C22H33IN4O4. The normalized spacial score (nSPS) is 15.3. The maximum Gasteiger partial charge on any atom is 0.200 e. The van der Waals surface area contributed by atoms with Gasteiger partial charge in [-0.15, -0.1) is 24.0 Å². The number of nitrogens with zero attached hydrogens (tertiary/aromatic N) is 2. The predicted octanol–water partition coefficient (Wildman–Crippen LogP) is 3.51. The third-order valence-electron chi connectivity index (χ3n) is 5.22. The summed E-state index contributed by atoms with van der Waals surface area (Å²) in [7, 11) is 3.03. The van der Waals surface area contributed by atoms with E-state index in [-0.39, 0.29) is 35.8 Å². The fraction of sp³-hybridized carbons (Fsp3) is 0.500. The summed E-state index contributed by atoms with van der Waals surface area (Å²) in [6.07, 6.45) is 4.16. The van der Waals surface area contributed by atoms with Crippen LogP contribution in [0.1, 0.15) is 37.1 Å². The molecule has 0 amide bonds. The summed E-state index contributed by atoms with van der Waals surface area (Å²) < 4.78 is 16.2. The van der Waals surface area contributed by atoms with E-state index in [1.165, 1.54) is 27.1 Å². The Hall–Kier alpha value is -2.14. The van der Waals surface area contributed by atoms with Crippen LogP contribution in [0.5, 0.6) is 17.2 Å². The molecule has 0 spiro atoms. The summed E-state index contributed by atoms with van der Waals surface area (Å²) in [4.78, 5) is 7.15. The summed E-state index contributed by atoms with van der Waals surface area (Å²) in [5.41, 5.74) is 0.876. The number of hydrogen-bond donors (Lipinski definition) is 3. The second-order valence-electron chi connectivity index (χ2n) is 7.20. The number of phenolic OH excluding ortho intramolecular Hbond substituents is 1. The largest absolute Gasteiger partial charge is 0.502 e. The Bertz CT molecular complexity index is 798. The van der Waals surface area contributed by atoms with Gasteiger partial charge in [0.25, 0.3) is 0 Å². The Morgan fingerprint density at radius 1 is 1.19 bits per heavy atom. The van der Waals surface area contributed by atoms with Crippen molar-refractivity contribution >= 4 is 29.9 Å². The van der Waals surface area contributed by atoms with Crippen molar-refractivity contribution in [2.45, 2.75) is 32.4 Å². The van der Waals surface area contributed by atoms with Crippen molar-refractivity contribution in [1.82, 2.24) is 15.5 Å². The van der Waals surface area contributed by atoms with Crippen LogP contribution in [0, 0.1) is 0 Å². The molecule has 0 bridgehead atoms. The topological polar surface area (TPSA) is 91.5 Å². The molecule has 1 atom stereocenters. The van der Waals surface area contributed by atoms with E-state index in [0.717, 1.165) is 36.9 Å². The summed E-state index contributed by atoms with van der Waals surface area (Å²) >= 11 is 0. The van der Waals surface area contributed by atoms with E-state index in [1.54, 1.807) is 18.4 Å². The highest BCUT2D eigenvalue weighted by Gasteiger charge is 2.25. The monoisotopic (exact) mass is 544 g/mol. The van der Waals surface area contributed by atoms with Crippen LogP contribution in [0.4, 0.5) is 0 Å². The molecule has 2 heterocycles. The quantitative estimate of drug-likeness (QED) is 0.253. The number of nitrogens with one attached hydrogen (secondary N) is 2. The van der Waals surface area contributed by atoms with Crippen LogP contribution in [0.3, 0.4) is 0 Å². The SMILES string of the molecule is CCNC(=NCc1cc(OC)c(O)c(OC)c1)NCC(c1ccco1)N1CCCC1.I. The van der Waals surface area contributed by atoms with Crippen molar-refractivity contribution in [2.75, 3.05) is 40.4 Å². The average molecular weight is 544 g/mol. The molecule has 1 saturated heterocycles. The van der Waals surface area contributed by atoms with E-state index in [2.05, 4.69) is 15.5 Å². The first kappa shape index (κ1) is 25.1. The molecule has 1 aliphatic rings. The molecule has 0 radical (unpaired) electrons. The number of halogens is 1. The fourth-order valence-corrected chi connectivity index (χ4v) is 3.69. The lowest BCUT2D eigenvalue weighted by molar-refractivity contribution is 0.215. The molecule has 31 heavy (non-hydrogen) atoms. The van der Waals surface area contributed by atoms with Gasteiger partial charge in [-0.05, 0) is 62.7 Å². The molecule has 172 valence electrons. The Balaban J connectivity index is 0.00000341. The van der Waals surface area contributed by atoms with Crippen LogP contribution in [0.25, 0.3) is 0 Å². The minimum absolute atomic E-state index is 0. The minimum atomic E-state index is -0.00957. The zero-order valence-electron chi connectivity index (χ0n) is 18.4.